The molecule has 1 aromatic carbocycles. The molecule has 0 radical (unpaired) electrons. The van der Waals surface area contributed by atoms with Crippen molar-refractivity contribution in [3.05, 3.63) is 69.4 Å². The maximum Gasteiger partial charge on any atom is 0.303 e. The van der Waals surface area contributed by atoms with Gasteiger partial charge in [-0.1, -0.05) is 11.5 Å². The van der Waals surface area contributed by atoms with Gasteiger partial charge < -0.3 is 35.4 Å². The highest BCUT2D eigenvalue weighted by Crippen LogP contribution is 2.41. The minimum Gasteiger partial charge on any atom is -0.392 e. The smallest absolute Gasteiger partial charge is 0.303 e. The van der Waals surface area contributed by atoms with Crippen molar-refractivity contribution in [3.63, 3.8) is 0 Å². The molecule has 3 amide bonds. The van der Waals surface area contributed by atoms with Crippen LogP contribution in [0.2, 0.25) is 0 Å². The number of nitrogens with zero attached hydrogens (tertiary/aromatic N) is 2. The zero-order valence-electron chi connectivity index (χ0n) is 24.1. The highest BCUT2D eigenvalue weighted by atomic mass is 19.1. The SMILES string of the molecule is BC(=C)/C(B)=C1/C(=O)N(C2(B)C(=O)NC(=O)C(O)(O)C2(O)O)C/C1=C(/B)NCc1cc(CN2CCOCC2)ccc1F. The maximum atomic E-state index is 14.8. The van der Waals surface area contributed by atoms with Gasteiger partial charge in [0.15, 0.2) is 15.7 Å². The molecule has 3 heterocycles. The lowest BCUT2D eigenvalue weighted by Gasteiger charge is -2.52. The van der Waals surface area contributed by atoms with E-state index in [0.29, 0.717) is 47.4 Å². The number of carbonyl (C=O) groups is 3. The van der Waals surface area contributed by atoms with E-state index in [1.54, 1.807) is 41.0 Å². The first kappa shape index (κ1) is 31.7. The van der Waals surface area contributed by atoms with Crippen LogP contribution in [0.4, 0.5) is 4.39 Å². The van der Waals surface area contributed by atoms with Crippen LogP contribution in [0.5, 0.6) is 0 Å². The summed E-state index contributed by atoms with van der Waals surface area (Å²) >= 11 is 0. The van der Waals surface area contributed by atoms with Crippen LogP contribution in [-0.4, -0.2) is 129 Å². The molecule has 12 nitrogen and oxygen atoms in total. The molecule has 1 unspecified atom stereocenters. The Kier molecular flexibility index (Phi) is 8.67. The molecule has 6 N–H and O–H groups in total. The van der Waals surface area contributed by atoms with E-state index in [4.69, 9.17) is 4.74 Å². The molecule has 3 fully saturated rings. The number of halogens is 1. The standard InChI is InChI=1S/C25H33B4FN4O8/c1-12(26)18(27)17-15(11-34(20(17)35)23(29)21(36)32-22(37)24(38,39)25(23,40)41)19(28)31-9-14-8-13(2-3-16(14)30)10-33-4-6-42-7-5-33/h2-3,8,31,38-41H,1,4-7,9-11,26-29H2,(H,32,36,37)/b18-17-,19-15+. The summed E-state index contributed by atoms with van der Waals surface area (Å²) in [6.07, 6.45) is 0. The molecule has 3 aliphatic heterocycles. The van der Waals surface area contributed by atoms with Crippen molar-refractivity contribution in [3.8, 4) is 0 Å². The van der Waals surface area contributed by atoms with E-state index in [0.717, 1.165) is 31.4 Å². The highest BCUT2D eigenvalue weighted by Gasteiger charge is 2.73. The normalized spacial score (nSPS) is 26.6. The van der Waals surface area contributed by atoms with Crippen LogP contribution in [0, 0.1) is 5.82 Å². The third-order valence-corrected chi connectivity index (χ3v) is 8.40. The van der Waals surface area contributed by atoms with Crippen molar-refractivity contribution in [1.82, 2.24) is 20.4 Å². The molecule has 17 heteroatoms. The van der Waals surface area contributed by atoms with E-state index >= 15 is 0 Å². The summed E-state index contributed by atoms with van der Waals surface area (Å²) in [6, 6.07) is 4.88. The van der Waals surface area contributed by atoms with Crippen LogP contribution in [0.15, 0.2) is 52.5 Å². The van der Waals surface area contributed by atoms with E-state index in [9.17, 15) is 39.2 Å². The molecule has 0 aliphatic carbocycles. The topological polar surface area (TPSA) is 172 Å². The van der Waals surface area contributed by atoms with Gasteiger partial charge in [-0.3, -0.25) is 24.6 Å². The quantitative estimate of drug-likeness (QED) is 0.0790. The van der Waals surface area contributed by atoms with Crippen molar-refractivity contribution in [2.24, 2.45) is 0 Å². The van der Waals surface area contributed by atoms with Crippen LogP contribution < -0.4 is 10.6 Å². The lowest BCUT2D eigenvalue weighted by Crippen LogP contribution is -2.86. The number of ether oxygens (including phenoxy) is 1. The fraction of sp³-hybridized carbons (Fsp3) is 0.400. The number of nitrogens with one attached hydrogen (secondary N) is 2. The highest BCUT2D eigenvalue weighted by molar-refractivity contribution is 6.40. The maximum absolute atomic E-state index is 14.8. The van der Waals surface area contributed by atoms with Crippen LogP contribution >= 0.6 is 0 Å². The van der Waals surface area contributed by atoms with Crippen molar-refractivity contribution in [2.45, 2.75) is 30.1 Å². The fourth-order valence-electron chi connectivity index (χ4n) is 5.33. The van der Waals surface area contributed by atoms with Gasteiger partial charge in [-0.15, -0.1) is 12.1 Å². The molecule has 3 aliphatic rings. The number of hydrogen-bond acceptors (Lipinski definition) is 10. The van der Waals surface area contributed by atoms with Gasteiger partial charge in [0, 0.05) is 43.9 Å². The number of amides is 3. The molecular formula is C25H33B4FN4O8. The first-order valence-corrected chi connectivity index (χ1v) is 13.5. The Bertz CT molecular complexity index is 1410. The Labute approximate surface area is 245 Å². The molecule has 4 rings (SSSR count). The number of allylic oxidation sites excluding steroid dienone is 2. The Morgan fingerprint density at radius 3 is 2.36 bits per heavy atom. The largest absolute Gasteiger partial charge is 0.392 e. The molecule has 3 saturated heterocycles. The van der Waals surface area contributed by atoms with E-state index in [1.807, 2.05) is 0 Å². The summed E-state index contributed by atoms with van der Waals surface area (Å²) in [6.45, 7) is 7.03. The van der Waals surface area contributed by atoms with Gasteiger partial charge in [-0.2, -0.15) is 0 Å². The minimum absolute atomic E-state index is 0.0539. The van der Waals surface area contributed by atoms with E-state index < -0.39 is 40.6 Å². The van der Waals surface area contributed by atoms with Gasteiger partial charge in [0.2, 0.25) is 5.91 Å². The second-order valence-electron chi connectivity index (χ2n) is 11.1. The number of carbonyl (C=O) groups excluding carboxylic acids is 3. The number of imide groups is 1. The molecule has 0 bridgehead atoms. The molecule has 0 spiro atoms. The third-order valence-electron chi connectivity index (χ3n) is 8.40. The summed E-state index contributed by atoms with van der Waals surface area (Å²) in [5.74, 6) is -11.9. The summed E-state index contributed by atoms with van der Waals surface area (Å²) in [7, 11) is 5.86. The minimum atomic E-state index is -3.81. The predicted octanol–water partition coefficient (Wildman–Crippen LogP) is -6.18. The van der Waals surface area contributed by atoms with Crippen LogP contribution in [0.25, 0.3) is 0 Å². The number of aliphatic hydroxyl groups is 4. The number of morpholine rings is 1. The Balaban J connectivity index is 1.68. The summed E-state index contributed by atoms with van der Waals surface area (Å²) in [5.41, 5.74) is 0.418. The second kappa shape index (κ2) is 11.5. The number of hydrogen-bond donors (Lipinski definition) is 6. The lowest BCUT2D eigenvalue weighted by molar-refractivity contribution is -0.362. The Morgan fingerprint density at radius 1 is 1.10 bits per heavy atom. The van der Waals surface area contributed by atoms with Crippen molar-refractivity contribution >= 4 is 49.1 Å². The molecule has 1 aromatic rings. The average Bonchev–Trinajstić information content (AvgIpc) is 3.28. The third kappa shape index (κ3) is 5.25. The lowest BCUT2D eigenvalue weighted by atomic mass is 9.63. The molecule has 1 atom stereocenters. The van der Waals surface area contributed by atoms with Gasteiger partial charge in [-0.25, -0.2) is 4.39 Å². The summed E-state index contributed by atoms with van der Waals surface area (Å²) in [5, 5.41) is 46.9. The molecule has 0 aromatic heterocycles. The molecule has 42 heavy (non-hydrogen) atoms. The summed E-state index contributed by atoms with van der Waals surface area (Å²) in [4.78, 5) is 41.8. The van der Waals surface area contributed by atoms with Crippen molar-refractivity contribution < 1.29 is 43.9 Å². The van der Waals surface area contributed by atoms with Gasteiger partial charge in [-0.05, 0) is 28.9 Å². The van der Waals surface area contributed by atoms with Gasteiger partial charge in [0.05, 0.1) is 13.2 Å². The Hall–Kier alpha value is -3.20. The monoisotopic (exact) mass is 580 g/mol. The van der Waals surface area contributed by atoms with Crippen molar-refractivity contribution in [1.29, 1.82) is 0 Å². The van der Waals surface area contributed by atoms with Crippen LogP contribution in [-0.2, 0) is 32.2 Å². The first-order chi connectivity index (χ1) is 19.5. The zero-order chi connectivity index (χ0) is 31.2. The molecular weight excluding hydrogens is 547 g/mol. The number of likely N-dealkylation sites (tertiary alicyclic amines) is 1. The molecule has 220 valence electrons. The average molecular weight is 580 g/mol. The van der Waals surface area contributed by atoms with Crippen molar-refractivity contribution in [2.75, 3.05) is 32.8 Å². The van der Waals surface area contributed by atoms with Gasteiger partial charge in [0.1, 0.15) is 26.9 Å². The van der Waals surface area contributed by atoms with Crippen LogP contribution in [0.3, 0.4) is 0 Å². The number of piperidine rings is 1. The number of rotatable bonds is 7. The van der Waals surface area contributed by atoms with E-state index in [-0.39, 0.29) is 18.7 Å². The van der Waals surface area contributed by atoms with Crippen LogP contribution in [0.1, 0.15) is 11.1 Å². The number of benzene rings is 1. The zero-order valence-corrected chi connectivity index (χ0v) is 24.1. The van der Waals surface area contributed by atoms with Gasteiger partial charge in [0.25, 0.3) is 17.6 Å². The predicted molar refractivity (Wildman–Crippen MR) is 159 cm³/mol. The first-order valence-electron chi connectivity index (χ1n) is 13.5. The van der Waals surface area contributed by atoms with E-state index in [1.165, 1.54) is 6.07 Å². The fourth-order valence-corrected chi connectivity index (χ4v) is 5.33. The Morgan fingerprint density at radius 2 is 1.74 bits per heavy atom. The van der Waals surface area contributed by atoms with Gasteiger partial charge >= 0.3 is 5.79 Å². The van der Waals surface area contributed by atoms with E-state index in [2.05, 4.69) is 16.8 Å². The molecule has 0 saturated carbocycles. The summed E-state index contributed by atoms with van der Waals surface area (Å²) < 4.78 is 20.2. The second-order valence-corrected chi connectivity index (χ2v) is 11.1.